The molecule has 0 radical (unpaired) electrons. The lowest BCUT2D eigenvalue weighted by Gasteiger charge is -2.37. The molecule has 1 heterocycles. The number of hydrogen-bond donors (Lipinski definition) is 1. The second kappa shape index (κ2) is 5.40. The molecule has 6 rings (SSSR count). The van der Waals surface area contributed by atoms with E-state index in [4.69, 9.17) is 0 Å². The van der Waals surface area contributed by atoms with Crippen LogP contribution in [0.1, 0.15) is 6.42 Å². The first-order chi connectivity index (χ1) is 12.1. The number of allylic oxidation sites excluding steroid dienone is 2. The minimum absolute atomic E-state index is 0.155. The van der Waals surface area contributed by atoms with Crippen molar-refractivity contribution < 1.29 is 14.4 Å². The summed E-state index contributed by atoms with van der Waals surface area (Å²) in [5, 5.41) is 2.81. The largest absolute Gasteiger partial charge is 0.324 e. The molecule has 0 aromatic heterocycles. The van der Waals surface area contributed by atoms with Gasteiger partial charge in [0.05, 0.1) is 17.5 Å². The second-order valence-corrected chi connectivity index (χ2v) is 8.61. The zero-order chi connectivity index (χ0) is 17.3. The van der Waals surface area contributed by atoms with Crippen molar-refractivity contribution in [2.45, 2.75) is 6.42 Å². The van der Waals surface area contributed by atoms with E-state index in [0.717, 1.165) is 9.99 Å². The smallest absolute Gasteiger partial charge is 0.244 e. The zero-order valence-electron chi connectivity index (χ0n) is 13.4. The molecule has 5 nitrogen and oxygen atoms in total. The highest BCUT2D eigenvalue weighted by molar-refractivity contribution is 14.1. The highest BCUT2D eigenvalue weighted by Crippen LogP contribution is 2.65. The minimum Gasteiger partial charge on any atom is -0.324 e. The van der Waals surface area contributed by atoms with Gasteiger partial charge in [-0.3, -0.25) is 19.3 Å². The summed E-state index contributed by atoms with van der Waals surface area (Å²) in [6.07, 6.45) is 5.42. The number of hydrogen-bond acceptors (Lipinski definition) is 3. The molecule has 2 saturated carbocycles. The summed E-state index contributed by atoms with van der Waals surface area (Å²) in [7, 11) is 0. The van der Waals surface area contributed by atoms with E-state index in [1.165, 1.54) is 4.90 Å². The topological polar surface area (TPSA) is 66.5 Å². The summed E-state index contributed by atoms with van der Waals surface area (Å²) >= 11 is 2.14. The number of para-hydroxylation sites is 1. The van der Waals surface area contributed by atoms with E-state index in [1.54, 1.807) is 0 Å². The number of likely N-dealkylation sites (tertiary alicyclic amines) is 1. The maximum atomic E-state index is 12.8. The monoisotopic (exact) mass is 448 g/mol. The standard InChI is InChI=1S/C19H17IN2O3/c20-13-3-1-2-4-14(13)21-15(23)8-22-18(24)16-9-5-6-10(12-7-11(9)12)17(16)19(22)25/h1-6,9-12,16-17H,7-8H2,(H,21,23)/t9-,10-,11-,12-,16+,17+/m0/s1. The molecule has 6 atom stereocenters. The quantitative estimate of drug-likeness (QED) is 0.439. The van der Waals surface area contributed by atoms with Gasteiger partial charge < -0.3 is 5.32 Å². The van der Waals surface area contributed by atoms with E-state index in [0.29, 0.717) is 17.5 Å². The predicted molar refractivity (Wildman–Crippen MR) is 99.2 cm³/mol. The van der Waals surface area contributed by atoms with Crippen molar-refractivity contribution in [3.8, 4) is 0 Å². The number of nitrogens with one attached hydrogen (secondary N) is 1. The average Bonchev–Trinajstić information content (AvgIpc) is 3.38. The summed E-state index contributed by atoms with van der Waals surface area (Å²) in [6.45, 7) is -0.190. The Hall–Kier alpha value is -1.70. The number of anilines is 1. The Balaban J connectivity index is 1.34. The number of benzene rings is 1. The normalized spacial score (nSPS) is 37.1. The first-order valence-electron chi connectivity index (χ1n) is 8.64. The Morgan fingerprint density at radius 2 is 1.68 bits per heavy atom. The fourth-order valence-corrected chi connectivity index (χ4v) is 5.59. The Labute approximate surface area is 159 Å². The van der Waals surface area contributed by atoms with E-state index >= 15 is 0 Å². The molecule has 25 heavy (non-hydrogen) atoms. The van der Waals surface area contributed by atoms with E-state index < -0.39 is 0 Å². The van der Waals surface area contributed by atoms with Crippen LogP contribution in [0.25, 0.3) is 0 Å². The number of carbonyl (C=O) groups excluding carboxylic acids is 3. The average molecular weight is 448 g/mol. The van der Waals surface area contributed by atoms with Gasteiger partial charge in [-0.1, -0.05) is 24.3 Å². The molecule has 0 unspecified atom stereocenters. The van der Waals surface area contributed by atoms with E-state index in [1.807, 2.05) is 24.3 Å². The molecule has 3 fully saturated rings. The molecule has 1 aliphatic heterocycles. The molecular formula is C19H17IN2O3. The van der Waals surface area contributed by atoms with Crippen LogP contribution in [0.2, 0.25) is 0 Å². The summed E-state index contributed by atoms with van der Waals surface area (Å²) < 4.78 is 0.920. The number of amides is 3. The van der Waals surface area contributed by atoms with E-state index in [9.17, 15) is 14.4 Å². The summed E-state index contributed by atoms with van der Waals surface area (Å²) in [5.41, 5.74) is 0.701. The van der Waals surface area contributed by atoms with Crippen LogP contribution in [0.4, 0.5) is 5.69 Å². The lowest BCUT2D eigenvalue weighted by atomic mass is 9.63. The SMILES string of the molecule is O=C(CN1C(=O)[C@@H]2[C@H]3C=C[C@@H]([C@@H]4C[C@@H]34)[C@H]2C1=O)Nc1ccccc1I. The molecule has 128 valence electrons. The van der Waals surface area contributed by atoms with Crippen LogP contribution in [-0.2, 0) is 14.4 Å². The van der Waals surface area contributed by atoms with Gasteiger partial charge in [-0.2, -0.15) is 0 Å². The van der Waals surface area contributed by atoms with Crippen molar-refractivity contribution >= 4 is 46.0 Å². The third-order valence-corrected chi connectivity index (χ3v) is 7.14. The van der Waals surface area contributed by atoms with Crippen LogP contribution < -0.4 is 5.32 Å². The summed E-state index contributed by atoms with van der Waals surface area (Å²) in [4.78, 5) is 39.3. The first-order valence-corrected chi connectivity index (χ1v) is 9.72. The van der Waals surface area contributed by atoms with Crippen LogP contribution >= 0.6 is 22.6 Å². The van der Waals surface area contributed by atoms with Crippen molar-refractivity contribution in [3.05, 3.63) is 40.0 Å². The molecular weight excluding hydrogens is 431 g/mol. The van der Waals surface area contributed by atoms with Crippen LogP contribution in [-0.4, -0.2) is 29.2 Å². The van der Waals surface area contributed by atoms with E-state index in [-0.39, 0.29) is 47.9 Å². The van der Waals surface area contributed by atoms with Gasteiger partial charge in [-0.15, -0.1) is 0 Å². The highest BCUT2D eigenvalue weighted by atomic mass is 127. The first kappa shape index (κ1) is 15.5. The molecule has 1 N–H and O–H groups in total. The van der Waals surface area contributed by atoms with Crippen molar-refractivity contribution in [2.24, 2.45) is 35.5 Å². The van der Waals surface area contributed by atoms with Gasteiger partial charge in [0.15, 0.2) is 0 Å². The van der Waals surface area contributed by atoms with Crippen molar-refractivity contribution in [1.29, 1.82) is 0 Å². The van der Waals surface area contributed by atoms with E-state index in [2.05, 4.69) is 40.1 Å². The maximum Gasteiger partial charge on any atom is 0.244 e. The number of halogens is 1. The van der Waals surface area contributed by atoms with Gasteiger partial charge in [0.2, 0.25) is 17.7 Å². The molecule has 1 saturated heterocycles. The molecule has 3 amide bonds. The summed E-state index contributed by atoms with van der Waals surface area (Å²) in [5.74, 6) is 0.427. The van der Waals surface area contributed by atoms with Gasteiger partial charge in [0, 0.05) is 3.57 Å². The van der Waals surface area contributed by atoms with Gasteiger partial charge in [0.25, 0.3) is 0 Å². The maximum absolute atomic E-state index is 12.8. The number of nitrogens with zero attached hydrogens (tertiary/aromatic N) is 1. The molecule has 1 aromatic rings. The van der Waals surface area contributed by atoms with Crippen molar-refractivity contribution in [1.82, 2.24) is 4.90 Å². The number of imide groups is 1. The van der Waals surface area contributed by atoms with Gasteiger partial charge in [-0.05, 0) is 64.8 Å². The second-order valence-electron chi connectivity index (χ2n) is 7.45. The van der Waals surface area contributed by atoms with Crippen molar-refractivity contribution in [2.75, 3.05) is 11.9 Å². The van der Waals surface area contributed by atoms with Crippen LogP contribution in [0.5, 0.6) is 0 Å². The molecule has 6 heteroatoms. The minimum atomic E-state index is -0.324. The molecule has 1 aromatic carbocycles. The van der Waals surface area contributed by atoms with Crippen LogP contribution in [0, 0.1) is 39.1 Å². The van der Waals surface area contributed by atoms with Crippen molar-refractivity contribution in [3.63, 3.8) is 0 Å². The Morgan fingerprint density at radius 3 is 2.28 bits per heavy atom. The number of rotatable bonds is 3. The third kappa shape index (κ3) is 2.22. The third-order valence-electron chi connectivity index (χ3n) is 6.20. The molecule has 5 aliphatic rings. The predicted octanol–water partition coefficient (Wildman–Crippen LogP) is 2.28. The Morgan fingerprint density at radius 1 is 1.08 bits per heavy atom. The highest BCUT2D eigenvalue weighted by Gasteiger charge is 2.67. The van der Waals surface area contributed by atoms with Gasteiger partial charge in [-0.25, -0.2) is 0 Å². The molecule has 2 bridgehead atoms. The summed E-state index contributed by atoms with van der Waals surface area (Å²) in [6, 6.07) is 7.44. The number of carbonyl (C=O) groups is 3. The fourth-order valence-electron chi connectivity index (χ4n) is 5.07. The van der Waals surface area contributed by atoms with Gasteiger partial charge in [0.1, 0.15) is 6.54 Å². The van der Waals surface area contributed by atoms with Gasteiger partial charge >= 0.3 is 0 Å². The lowest BCUT2D eigenvalue weighted by molar-refractivity contribution is -0.142. The molecule has 4 aliphatic carbocycles. The Bertz CT molecular complexity index is 800. The van der Waals surface area contributed by atoms with Crippen LogP contribution in [0.3, 0.4) is 0 Å². The zero-order valence-corrected chi connectivity index (χ0v) is 15.5. The molecule has 0 spiro atoms. The fraction of sp³-hybridized carbons (Fsp3) is 0.421. The lowest BCUT2D eigenvalue weighted by Crippen LogP contribution is -2.40. The van der Waals surface area contributed by atoms with Crippen LogP contribution in [0.15, 0.2) is 36.4 Å². The Kier molecular flexibility index (Phi) is 3.36.